The normalized spacial score (nSPS) is 25.3. The van der Waals surface area contributed by atoms with E-state index in [2.05, 4.69) is 26.3 Å². The topological polar surface area (TPSA) is 88.9 Å². The first-order valence-corrected chi connectivity index (χ1v) is 11.8. The summed E-state index contributed by atoms with van der Waals surface area (Å²) in [6, 6.07) is 4.14. The monoisotopic (exact) mass is 484 g/mol. The van der Waals surface area contributed by atoms with Crippen LogP contribution in [0.15, 0.2) is 33.8 Å². The van der Waals surface area contributed by atoms with E-state index >= 15 is 0 Å². The van der Waals surface area contributed by atoms with Gasteiger partial charge in [-0.25, -0.2) is 22.6 Å². The Balaban J connectivity index is 1.73. The van der Waals surface area contributed by atoms with Crippen molar-refractivity contribution in [3.05, 3.63) is 52.1 Å². The number of aromatic nitrogens is 2. The van der Waals surface area contributed by atoms with Crippen molar-refractivity contribution in [1.82, 2.24) is 14.1 Å². The number of alkyl halides is 2. The first-order valence-electron chi connectivity index (χ1n) is 9.80. The van der Waals surface area contributed by atoms with Crippen molar-refractivity contribution in [2.45, 2.75) is 31.9 Å². The van der Waals surface area contributed by atoms with Crippen molar-refractivity contribution >= 4 is 27.5 Å². The van der Waals surface area contributed by atoms with Crippen molar-refractivity contribution in [2.24, 2.45) is 15.1 Å². The van der Waals surface area contributed by atoms with Gasteiger partial charge in [-0.2, -0.15) is 13.9 Å². The zero-order chi connectivity index (χ0) is 23.1. The molecule has 0 radical (unpaired) electrons. The average Bonchev–Trinajstić information content (AvgIpc) is 2.98. The van der Waals surface area contributed by atoms with Crippen molar-refractivity contribution in [1.29, 1.82) is 0 Å². The molecule has 0 aliphatic carbocycles. The van der Waals surface area contributed by atoms with Crippen LogP contribution in [0.3, 0.4) is 0 Å². The first kappa shape index (κ1) is 22.5. The molecule has 7 nitrogen and oxygen atoms in total. The molecule has 0 spiro atoms. The maximum atomic E-state index is 14.9. The van der Waals surface area contributed by atoms with E-state index in [-0.39, 0.29) is 28.0 Å². The summed E-state index contributed by atoms with van der Waals surface area (Å²) in [5.41, 5.74) is 5.42. The molecule has 0 unspecified atom stereocenters. The van der Waals surface area contributed by atoms with Gasteiger partial charge in [-0.05, 0) is 43.9 Å². The summed E-state index contributed by atoms with van der Waals surface area (Å²) in [5, 5.41) is 3.61. The van der Waals surface area contributed by atoms with Crippen LogP contribution < -0.4 is 5.73 Å². The average molecular weight is 485 g/mol. The minimum absolute atomic E-state index is 0.0148. The van der Waals surface area contributed by atoms with Crippen LogP contribution in [-0.2, 0) is 15.5 Å². The van der Waals surface area contributed by atoms with E-state index in [9.17, 15) is 17.4 Å². The molecule has 2 aliphatic rings. The number of rotatable bonds is 2. The lowest BCUT2D eigenvalue weighted by Gasteiger charge is -2.38. The molecular weight excluding hydrogens is 465 g/mol. The highest BCUT2D eigenvalue weighted by atomic mass is 35.5. The Labute approximate surface area is 188 Å². The number of benzene rings is 1. The highest BCUT2D eigenvalue weighted by Crippen LogP contribution is 2.35. The predicted octanol–water partition coefficient (Wildman–Crippen LogP) is 3.49. The van der Waals surface area contributed by atoms with Gasteiger partial charge in [-0.1, -0.05) is 17.5 Å². The van der Waals surface area contributed by atoms with Crippen LogP contribution in [0.4, 0.5) is 13.2 Å². The third-order valence-corrected chi connectivity index (χ3v) is 8.11. The molecule has 0 saturated heterocycles. The number of hydrogen-bond acceptors (Lipinski definition) is 5. The van der Waals surface area contributed by atoms with Gasteiger partial charge in [0.25, 0.3) is 0 Å². The lowest BCUT2D eigenvalue weighted by atomic mass is 9.92. The summed E-state index contributed by atoms with van der Waals surface area (Å²) in [4.78, 5) is 4.49. The van der Waals surface area contributed by atoms with Crippen LogP contribution in [-0.4, -0.2) is 43.1 Å². The molecule has 0 amide bonds. The van der Waals surface area contributed by atoms with Gasteiger partial charge < -0.3 is 5.73 Å². The molecule has 2 atom stereocenters. The maximum absolute atomic E-state index is 14.9. The number of nitrogens with two attached hydrogens (primary N) is 1. The lowest BCUT2D eigenvalue weighted by molar-refractivity contribution is 0.0565. The molecule has 0 fully saturated rings. The number of aliphatic imine (C=N–C) groups is 1. The summed E-state index contributed by atoms with van der Waals surface area (Å²) in [6.45, 7) is -0.265. The van der Waals surface area contributed by atoms with E-state index in [1.165, 1.54) is 22.5 Å². The second kappa shape index (κ2) is 8.33. The van der Waals surface area contributed by atoms with Crippen LogP contribution in [0.25, 0.3) is 0 Å². The molecule has 12 heteroatoms. The number of nitrogens with zero attached hydrogens (tertiary/aromatic N) is 5. The standard InChI is InChI=1S/C20H20ClF3N6OS/c1-20(12-32(31)26-8-2-3-9-30(32)19(25)27-20)14-10-13(4-6-16(14)22)5-7-17-15(21)11-29(28-17)18(23)24/h4,6,10-11,18H,2-3,8-9,12H2,1H3,(H2,25,27)/t20-,32+/m0/s1. The molecule has 1 aromatic carbocycles. The van der Waals surface area contributed by atoms with E-state index in [4.69, 9.17) is 17.3 Å². The van der Waals surface area contributed by atoms with E-state index in [0.29, 0.717) is 23.3 Å². The molecule has 1 aromatic heterocycles. The SMILES string of the molecule is C[C@@]1(c2cc(C#Cc3nn(C(F)F)cc3Cl)ccc2F)C[S@@]2(=O)=NCCCCN2C(N)=N1. The van der Waals surface area contributed by atoms with Crippen molar-refractivity contribution in [3.8, 4) is 11.8 Å². The molecule has 0 saturated carbocycles. The van der Waals surface area contributed by atoms with Crippen LogP contribution >= 0.6 is 11.6 Å². The Hall–Kier alpha value is -2.71. The fourth-order valence-corrected chi connectivity index (χ4v) is 6.40. The second-order valence-corrected chi connectivity index (χ2v) is 10.3. The van der Waals surface area contributed by atoms with E-state index in [0.717, 1.165) is 19.0 Å². The number of hydrogen-bond donors (Lipinski definition) is 1. The van der Waals surface area contributed by atoms with E-state index in [1.54, 1.807) is 6.92 Å². The van der Waals surface area contributed by atoms with E-state index in [1.807, 2.05) is 0 Å². The van der Waals surface area contributed by atoms with Crippen LogP contribution in [0.5, 0.6) is 0 Å². The maximum Gasteiger partial charge on any atom is 0.333 e. The highest BCUT2D eigenvalue weighted by Gasteiger charge is 2.42. The smallest absolute Gasteiger partial charge is 0.333 e. The summed E-state index contributed by atoms with van der Waals surface area (Å²) in [7, 11) is -2.87. The van der Waals surface area contributed by atoms with Crippen molar-refractivity contribution < 1.29 is 17.4 Å². The molecule has 2 aliphatic heterocycles. The Bertz CT molecular complexity index is 1270. The fraction of sp³-hybridized carbons (Fsp3) is 0.400. The molecule has 0 bridgehead atoms. The molecule has 32 heavy (non-hydrogen) atoms. The molecule has 3 heterocycles. The Morgan fingerprint density at radius 2 is 2.09 bits per heavy atom. The van der Waals surface area contributed by atoms with Crippen molar-refractivity contribution in [2.75, 3.05) is 18.8 Å². The third-order valence-electron chi connectivity index (χ3n) is 5.25. The zero-order valence-corrected chi connectivity index (χ0v) is 18.6. The summed E-state index contributed by atoms with van der Waals surface area (Å²) < 4.78 is 60.3. The van der Waals surface area contributed by atoms with Gasteiger partial charge in [0.05, 0.1) is 23.5 Å². The minimum atomic E-state index is -2.87. The molecule has 2 aromatic rings. The van der Waals surface area contributed by atoms with Gasteiger partial charge >= 0.3 is 6.55 Å². The van der Waals surface area contributed by atoms with E-state index < -0.39 is 27.8 Å². The molecule has 170 valence electrons. The highest BCUT2D eigenvalue weighted by molar-refractivity contribution is 7.92. The van der Waals surface area contributed by atoms with Crippen LogP contribution in [0.1, 0.15) is 43.1 Å². The largest absolute Gasteiger partial charge is 0.369 e. The lowest BCUT2D eigenvalue weighted by Crippen LogP contribution is -2.52. The van der Waals surface area contributed by atoms with Gasteiger partial charge in [-0.3, -0.25) is 4.31 Å². The summed E-state index contributed by atoms with van der Waals surface area (Å²) >= 11 is 5.91. The van der Waals surface area contributed by atoms with Gasteiger partial charge in [0, 0.05) is 17.7 Å². The van der Waals surface area contributed by atoms with Gasteiger partial charge in [0.1, 0.15) is 21.3 Å². The second-order valence-electron chi connectivity index (χ2n) is 7.68. The van der Waals surface area contributed by atoms with Gasteiger partial charge in [0.15, 0.2) is 5.69 Å². The Morgan fingerprint density at radius 3 is 2.81 bits per heavy atom. The summed E-state index contributed by atoms with van der Waals surface area (Å²) in [5.74, 6) is 4.88. The number of fused-ring (bicyclic) bond motifs is 1. The fourth-order valence-electron chi connectivity index (χ4n) is 3.72. The van der Waals surface area contributed by atoms with Gasteiger partial charge in [0.2, 0.25) is 5.96 Å². The molecular formula is C20H20ClF3N6OS. The predicted molar refractivity (Wildman–Crippen MR) is 116 cm³/mol. The minimum Gasteiger partial charge on any atom is -0.369 e. The molecule has 4 rings (SSSR count). The van der Waals surface area contributed by atoms with Crippen LogP contribution in [0, 0.1) is 17.7 Å². The Morgan fingerprint density at radius 1 is 1.31 bits per heavy atom. The quantitative estimate of drug-likeness (QED) is 0.662. The number of guanidine groups is 1. The third kappa shape index (κ3) is 4.17. The van der Waals surface area contributed by atoms with Crippen molar-refractivity contribution in [3.63, 3.8) is 0 Å². The Kier molecular flexibility index (Phi) is 5.85. The van der Waals surface area contributed by atoms with Crippen LogP contribution in [0.2, 0.25) is 5.02 Å². The zero-order valence-electron chi connectivity index (χ0n) is 17.1. The first-order chi connectivity index (χ1) is 15.1. The summed E-state index contributed by atoms with van der Waals surface area (Å²) in [6.07, 6.45) is 2.56. The molecule has 2 N–H and O–H groups in total. The van der Waals surface area contributed by atoms with Gasteiger partial charge in [-0.15, -0.1) is 0 Å². The number of halogens is 4.